The number of ether oxygens (including phenoxy) is 1. The molecule has 0 aliphatic carbocycles. The van der Waals surface area contributed by atoms with Crippen LogP contribution in [-0.2, 0) is 14.3 Å². The lowest BCUT2D eigenvalue weighted by Gasteiger charge is -2.22. The maximum atomic E-state index is 12.6. The van der Waals surface area contributed by atoms with Gasteiger partial charge in [0.25, 0.3) is 0 Å². The Morgan fingerprint density at radius 2 is 0.488 bits per heavy atom. The molecule has 1 amide bonds. The lowest BCUT2D eigenvalue weighted by atomic mass is 10.0. The molecule has 0 aliphatic rings. The zero-order valence-electron chi connectivity index (χ0n) is 57.7. The Kier molecular flexibility index (Phi) is 73.3. The van der Waals surface area contributed by atoms with Gasteiger partial charge in [0, 0.05) is 12.8 Å². The van der Waals surface area contributed by atoms with Crippen LogP contribution in [0.15, 0.2) is 0 Å². The third kappa shape index (κ3) is 70.0. The predicted octanol–water partition coefficient (Wildman–Crippen LogP) is 25.7. The normalized spacial score (nSPS) is 12.4. The summed E-state index contributed by atoms with van der Waals surface area (Å²) in [7, 11) is 0. The molecule has 0 spiro atoms. The molecule has 2 unspecified atom stereocenters. The number of hydrogen-bond acceptors (Lipinski definition) is 5. The minimum absolute atomic E-state index is 0.0234. The Labute approximate surface area is 527 Å². The van der Waals surface area contributed by atoms with Gasteiger partial charge in [-0.2, -0.15) is 0 Å². The third-order valence-electron chi connectivity index (χ3n) is 18.9. The van der Waals surface area contributed by atoms with Gasteiger partial charge in [0.1, 0.15) is 0 Å². The molecule has 0 rings (SSSR count). The predicted molar refractivity (Wildman–Crippen MR) is 371 cm³/mol. The molecule has 0 fully saturated rings. The van der Waals surface area contributed by atoms with E-state index < -0.39 is 12.1 Å². The monoisotopic (exact) mass is 1190 g/mol. The van der Waals surface area contributed by atoms with Crippen LogP contribution in [0.5, 0.6) is 0 Å². The van der Waals surface area contributed by atoms with Crippen LogP contribution in [0, 0.1) is 0 Å². The highest BCUT2D eigenvalue weighted by Gasteiger charge is 2.20. The van der Waals surface area contributed by atoms with E-state index in [-0.39, 0.29) is 18.5 Å². The van der Waals surface area contributed by atoms with Crippen molar-refractivity contribution in [3.8, 4) is 0 Å². The summed E-state index contributed by atoms with van der Waals surface area (Å²) in [6, 6.07) is -0.539. The molecule has 0 saturated heterocycles. The molecule has 6 heteroatoms. The van der Waals surface area contributed by atoms with Crippen LogP contribution >= 0.6 is 0 Å². The Morgan fingerprint density at radius 3 is 0.726 bits per heavy atom. The number of carbonyl (C=O) groups is 2. The van der Waals surface area contributed by atoms with Crippen LogP contribution < -0.4 is 5.32 Å². The van der Waals surface area contributed by atoms with Crippen molar-refractivity contribution in [3.63, 3.8) is 0 Å². The van der Waals surface area contributed by atoms with Crippen molar-refractivity contribution in [2.24, 2.45) is 0 Å². The van der Waals surface area contributed by atoms with E-state index in [1.165, 1.54) is 392 Å². The first kappa shape index (κ1) is 82.9. The average molecular weight is 1190 g/mol. The van der Waals surface area contributed by atoms with Gasteiger partial charge >= 0.3 is 5.97 Å². The Hall–Kier alpha value is -1.14. The summed E-state index contributed by atoms with van der Waals surface area (Å²) in [5.74, 6) is -0.00185. The average Bonchev–Trinajstić information content (AvgIpc) is 3.53. The number of carbonyl (C=O) groups excluding carboxylic acids is 2. The highest BCUT2D eigenvalue weighted by atomic mass is 16.5. The van der Waals surface area contributed by atoms with Crippen LogP contribution in [0.2, 0.25) is 0 Å². The Bertz CT molecular complexity index is 1230. The summed E-state index contributed by atoms with van der Waals surface area (Å²) in [5.41, 5.74) is 0. The number of aliphatic hydroxyl groups is 2. The minimum atomic E-state index is -0.663. The highest BCUT2D eigenvalue weighted by molar-refractivity contribution is 5.76. The van der Waals surface area contributed by atoms with Crippen molar-refractivity contribution in [1.82, 2.24) is 5.32 Å². The first-order valence-corrected chi connectivity index (χ1v) is 39.3. The second kappa shape index (κ2) is 74.3. The molecule has 0 aliphatic heterocycles. The lowest BCUT2D eigenvalue weighted by molar-refractivity contribution is -0.143. The van der Waals surface area contributed by atoms with Gasteiger partial charge in [0.15, 0.2) is 0 Å². The molecule has 6 nitrogen and oxygen atoms in total. The van der Waals surface area contributed by atoms with E-state index in [4.69, 9.17) is 4.74 Å². The molecule has 3 N–H and O–H groups in total. The fraction of sp³-hybridized carbons (Fsp3) is 0.974. The van der Waals surface area contributed by atoms with Crippen molar-refractivity contribution < 1.29 is 24.5 Å². The lowest BCUT2D eigenvalue weighted by Crippen LogP contribution is -2.45. The quantitative estimate of drug-likeness (QED) is 0.0417. The van der Waals surface area contributed by atoms with Crippen LogP contribution in [0.4, 0.5) is 0 Å². The molecular weight excluding hydrogens is 1030 g/mol. The molecule has 2 atom stereocenters. The van der Waals surface area contributed by atoms with Gasteiger partial charge in [-0.1, -0.05) is 425 Å². The summed E-state index contributed by atoms with van der Waals surface area (Å²) >= 11 is 0. The van der Waals surface area contributed by atoms with E-state index in [0.29, 0.717) is 25.9 Å². The van der Waals surface area contributed by atoms with E-state index in [1.807, 2.05) is 0 Å². The van der Waals surface area contributed by atoms with Crippen LogP contribution in [0.3, 0.4) is 0 Å². The van der Waals surface area contributed by atoms with Gasteiger partial charge in [0.2, 0.25) is 5.91 Å². The summed E-state index contributed by atoms with van der Waals surface area (Å²) in [6.07, 6.45) is 91.9. The van der Waals surface area contributed by atoms with E-state index >= 15 is 0 Å². The van der Waals surface area contributed by atoms with Crippen LogP contribution in [-0.4, -0.2) is 47.4 Å². The second-order valence-corrected chi connectivity index (χ2v) is 27.4. The molecule has 502 valence electrons. The van der Waals surface area contributed by atoms with Crippen molar-refractivity contribution >= 4 is 11.9 Å². The van der Waals surface area contributed by atoms with Crippen molar-refractivity contribution in [3.05, 3.63) is 0 Å². The second-order valence-electron chi connectivity index (χ2n) is 27.4. The number of hydrogen-bond donors (Lipinski definition) is 3. The Morgan fingerprint density at radius 1 is 0.286 bits per heavy atom. The Balaban J connectivity index is 3.33. The van der Waals surface area contributed by atoms with Gasteiger partial charge in [-0.25, -0.2) is 0 Å². The van der Waals surface area contributed by atoms with Crippen LogP contribution in [0.25, 0.3) is 0 Å². The maximum absolute atomic E-state index is 12.6. The number of amides is 1. The fourth-order valence-corrected chi connectivity index (χ4v) is 12.9. The number of unbranched alkanes of at least 4 members (excludes halogenated alkanes) is 64. The van der Waals surface area contributed by atoms with Gasteiger partial charge < -0.3 is 20.3 Å². The largest absolute Gasteiger partial charge is 0.466 e. The highest BCUT2D eigenvalue weighted by Crippen LogP contribution is 2.21. The molecule has 0 aromatic carbocycles. The standard InChI is InChI=1S/C78H155NO5/c1-3-5-7-9-11-13-15-17-19-20-21-22-23-30-33-36-39-43-46-50-54-58-62-66-70-76(81)75(74-80)79-77(82)71-67-63-59-55-51-47-44-40-37-34-31-28-26-24-25-27-29-32-35-38-41-45-49-53-57-61-65-69-73-84-78(83)72-68-64-60-56-52-48-42-18-16-14-12-10-8-6-4-2/h75-76,80-81H,3-74H2,1-2H3,(H,79,82). The molecule has 84 heavy (non-hydrogen) atoms. The molecular formula is C78H155NO5. The number of nitrogens with one attached hydrogen (secondary N) is 1. The van der Waals surface area contributed by atoms with E-state index in [2.05, 4.69) is 19.2 Å². The molecule has 0 bridgehead atoms. The molecule has 0 aromatic heterocycles. The zero-order valence-corrected chi connectivity index (χ0v) is 57.7. The van der Waals surface area contributed by atoms with E-state index in [0.717, 1.165) is 38.5 Å². The molecule has 0 aromatic rings. The first-order chi connectivity index (χ1) is 41.5. The topological polar surface area (TPSA) is 95.9 Å². The van der Waals surface area contributed by atoms with Gasteiger partial charge in [-0.15, -0.1) is 0 Å². The van der Waals surface area contributed by atoms with Crippen LogP contribution in [0.1, 0.15) is 463 Å². The number of rotatable bonds is 75. The third-order valence-corrected chi connectivity index (χ3v) is 18.9. The molecule has 0 heterocycles. The van der Waals surface area contributed by atoms with Gasteiger partial charge in [-0.3, -0.25) is 9.59 Å². The number of esters is 1. The fourth-order valence-electron chi connectivity index (χ4n) is 12.9. The summed E-state index contributed by atoms with van der Waals surface area (Å²) in [5, 5.41) is 23.5. The summed E-state index contributed by atoms with van der Waals surface area (Å²) < 4.78 is 5.51. The molecule has 0 saturated carbocycles. The van der Waals surface area contributed by atoms with Gasteiger partial charge in [0.05, 0.1) is 25.4 Å². The SMILES string of the molecule is CCCCCCCCCCCCCCCCCCCCCCCCCCC(O)C(CO)NC(=O)CCCCCCCCCCCCCCCCCCCCCCCCCCCCCCOC(=O)CCCCCCCCCCCCCCCCC. The summed E-state index contributed by atoms with van der Waals surface area (Å²) in [4.78, 5) is 24.7. The van der Waals surface area contributed by atoms with Crippen molar-refractivity contribution in [2.75, 3.05) is 13.2 Å². The van der Waals surface area contributed by atoms with Gasteiger partial charge in [-0.05, 0) is 25.7 Å². The maximum Gasteiger partial charge on any atom is 0.305 e. The first-order valence-electron chi connectivity index (χ1n) is 39.3. The molecule has 0 radical (unpaired) electrons. The minimum Gasteiger partial charge on any atom is -0.466 e. The van der Waals surface area contributed by atoms with Crippen molar-refractivity contribution in [1.29, 1.82) is 0 Å². The van der Waals surface area contributed by atoms with E-state index in [1.54, 1.807) is 0 Å². The smallest absolute Gasteiger partial charge is 0.305 e. The van der Waals surface area contributed by atoms with E-state index in [9.17, 15) is 19.8 Å². The zero-order chi connectivity index (χ0) is 60.6. The number of aliphatic hydroxyl groups excluding tert-OH is 2. The van der Waals surface area contributed by atoms with Crippen molar-refractivity contribution in [2.45, 2.75) is 475 Å². The summed E-state index contributed by atoms with van der Waals surface area (Å²) in [6.45, 7) is 5.02.